The molecule has 12 nitrogen and oxygen atoms in total. The molecule has 3 amide bonds. The molecule has 14 heteroatoms. The molecule has 0 heterocycles. The number of aliphatic carboxylic acids is 2. The molecule has 8 N–H and O–H groups in total. The molecule has 34 heavy (non-hydrogen) atoms. The van der Waals surface area contributed by atoms with Gasteiger partial charge >= 0.3 is 11.9 Å². The van der Waals surface area contributed by atoms with Crippen LogP contribution in [0, 0.1) is 0 Å². The van der Waals surface area contributed by atoms with E-state index in [0.717, 1.165) is 0 Å². The lowest BCUT2D eigenvalue weighted by atomic mass is 10.0. The van der Waals surface area contributed by atoms with Crippen LogP contribution in [-0.4, -0.2) is 80.7 Å². The number of benzene rings is 1. The molecule has 1 aromatic carbocycles. The van der Waals surface area contributed by atoms with E-state index in [4.69, 9.17) is 15.9 Å². The molecule has 1 aromatic rings. The average Bonchev–Trinajstić information content (AvgIpc) is 2.79. The summed E-state index contributed by atoms with van der Waals surface area (Å²) < 4.78 is 0. The third-order valence-electron chi connectivity index (χ3n) is 4.63. The molecule has 0 saturated carbocycles. The van der Waals surface area contributed by atoms with Crippen LogP contribution in [0.2, 0.25) is 0 Å². The number of carboxylic acid groups (broad SMARTS) is 2. The zero-order valence-electron chi connectivity index (χ0n) is 18.0. The van der Waals surface area contributed by atoms with Gasteiger partial charge in [-0.15, -0.1) is 0 Å². The maximum absolute atomic E-state index is 12.9. The average molecular weight is 517 g/mol. The molecule has 4 atom stereocenters. The Morgan fingerprint density at radius 3 is 1.82 bits per heavy atom. The summed E-state index contributed by atoms with van der Waals surface area (Å²) >= 11 is 7.89. The van der Waals surface area contributed by atoms with Crippen molar-refractivity contribution in [3.8, 4) is 5.75 Å². The Hall–Kier alpha value is -2.97. The number of phenols is 1. The number of carboxylic acids is 2. The lowest BCUT2D eigenvalue weighted by molar-refractivity contribution is -0.141. The smallest absolute Gasteiger partial charge is 0.327 e. The first kappa shape index (κ1) is 29.1. The molecule has 0 aromatic heterocycles. The Morgan fingerprint density at radius 2 is 1.32 bits per heavy atom. The van der Waals surface area contributed by atoms with E-state index in [-0.39, 0.29) is 36.5 Å². The van der Waals surface area contributed by atoms with Crippen LogP contribution in [-0.2, 0) is 30.4 Å². The van der Waals surface area contributed by atoms with Crippen LogP contribution in [0.5, 0.6) is 5.75 Å². The standard InChI is InChI=1S/C20H28N4O8S2/c21-12(5-6-16(26)27)17(28)22-13(7-10-1-3-11(25)4-2-10)18(29)23-14(8-33)19(30)24-15(9-34)20(31)32/h1-4,12-15,25,33-34H,5-9,21H2,(H,22,28)(H,23,29)(H,24,30)(H,26,27)(H,31,32)/t12-,13-,14-,15-/m0/s1. The van der Waals surface area contributed by atoms with Crippen molar-refractivity contribution in [3.63, 3.8) is 0 Å². The first-order valence-electron chi connectivity index (χ1n) is 10.1. The van der Waals surface area contributed by atoms with Crippen molar-refractivity contribution in [3.05, 3.63) is 29.8 Å². The van der Waals surface area contributed by atoms with Crippen LogP contribution >= 0.6 is 25.3 Å². The number of phenolic OH excluding ortho intramolecular Hbond substituents is 1. The molecule has 0 saturated heterocycles. The Morgan fingerprint density at radius 1 is 0.824 bits per heavy atom. The highest BCUT2D eigenvalue weighted by atomic mass is 32.1. The highest BCUT2D eigenvalue weighted by Gasteiger charge is 2.29. The summed E-state index contributed by atoms with van der Waals surface area (Å²) in [4.78, 5) is 59.7. The molecule has 1 rings (SSSR count). The van der Waals surface area contributed by atoms with E-state index >= 15 is 0 Å². The summed E-state index contributed by atoms with van der Waals surface area (Å²) in [5.41, 5.74) is 6.28. The first-order chi connectivity index (χ1) is 16.0. The number of aromatic hydroxyl groups is 1. The second-order valence-electron chi connectivity index (χ2n) is 7.30. The molecule has 188 valence electrons. The second kappa shape index (κ2) is 14.3. The molecule has 0 unspecified atom stereocenters. The topological polar surface area (TPSA) is 208 Å². The monoisotopic (exact) mass is 516 g/mol. The minimum absolute atomic E-state index is 0.00605. The highest BCUT2D eigenvalue weighted by molar-refractivity contribution is 7.80. The van der Waals surface area contributed by atoms with Crippen molar-refractivity contribution < 1.29 is 39.3 Å². The summed E-state index contributed by atoms with van der Waals surface area (Å²) in [6.07, 6.45) is -0.545. The number of carbonyl (C=O) groups is 5. The highest BCUT2D eigenvalue weighted by Crippen LogP contribution is 2.12. The maximum Gasteiger partial charge on any atom is 0.327 e. The third kappa shape index (κ3) is 9.89. The Kier molecular flexibility index (Phi) is 12.2. The van der Waals surface area contributed by atoms with Gasteiger partial charge in [-0.3, -0.25) is 19.2 Å². The van der Waals surface area contributed by atoms with E-state index < -0.39 is 53.8 Å². The van der Waals surface area contributed by atoms with Gasteiger partial charge in [0.1, 0.15) is 23.9 Å². The molecule has 0 spiro atoms. The fourth-order valence-electron chi connectivity index (χ4n) is 2.69. The van der Waals surface area contributed by atoms with Crippen LogP contribution in [0.15, 0.2) is 24.3 Å². The number of hydrogen-bond acceptors (Lipinski definition) is 9. The van der Waals surface area contributed by atoms with Gasteiger partial charge in [-0.2, -0.15) is 25.3 Å². The lowest BCUT2D eigenvalue weighted by Crippen LogP contribution is -2.58. The number of amides is 3. The minimum Gasteiger partial charge on any atom is -0.508 e. The van der Waals surface area contributed by atoms with Crippen LogP contribution in [0.25, 0.3) is 0 Å². The molecule has 0 aliphatic carbocycles. The second-order valence-corrected chi connectivity index (χ2v) is 8.03. The zero-order chi connectivity index (χ0) is 25.8. The van der Waals surface area contributed by atoms with E-state index in [9.17, 15) is 29.1 Å². The van der Waals surface area contributed by atoms with E-state index in [0.29, 0.717) is 5.56 Å². The predicted octanol–water partition coefficient (Wildman–Crippen LogP) is -1.47. The number of hydrogen-bond donors (Lipinski definition) is 9. The van der Waals surface area contributed by atoms with Gasteiger partial charge in [0, 0.05) is 24.3 Å². The summed E-state index contributed by atoms with van der Waals surface area (Å²) in [6.45, 7) is 0. The van der Waals surface area contributed by atoms with Gasteiger partial charge in [0.15, 0.2) is 0 Å². The lowest BCUT2D eigenvalue weighted by Gasteiger charge is -2.24. The van der Waals surface area contributed by atoms with Crippen LogP contribution in [0.1, 0.15) is 18.4 Å². The number of rotatable bonds is 14. The van der Waals surface area contributed by atoms with Crippen molar-refractivity contribution in [2.75, 3.05) is 11.5 Å². The van der Waals surface area contributed by atoms with Crippen LogP contribution in [0.3, 0.4) is 0 Å². The van der Waals surface area contributed by atoms with Crippen molar-refractivity contribution in [1.82, 2.24) is 16.0 Å². The molecule has 0 fully saturated rings. The first-order valence-corrected chi connectivity index (χ1v) is 11.4. The van der Waals surface area contributed by atoms with Crippen molar-refractivity contribution in [2.45, 2.75) is 43.4 Å². The molecular weight excluding hydrogens is 488 g/mol. The van der Waals surface area contributed by atoms with Gasteiger partial charge in [-0.25, -0.2) is 4.79 Å². The van der Waals surface area contributed by atoms with E-state index in [2.05, 4.69) is 41.2 Å². The van der Waals surface area contributed by atoms with Crippen molar-refractivity contribution in [2.24, 2.45) is 5.73 Å². The minimum atomic E-state index is -1.31. The fourth-order valence-corrected chi connectivity index (χ4v) is 3.19. The van der Waals surface area contributed by atoms with Crippen LogP contribution in [0.4, 0.5) is 0 Å². The van der Waals surface area contributed by atoms with Gasteiger partial charge in [0.2, 0.25) is 17.7 Å². The summed E-state index contributed by atoms with van der Waals surface area (Å²) in [5, 5.41) is 34.4. The quantitative estimate of drug-likeness (QED) is 0.132. The van der Waals surface area contributed by atoms with E-state index in [1.165, 1.54) is 24.3 Å². The Bertz CT molecular complexity index is 884. The number of carbonyl (C=O) groups excluding carboxylic acids is 3. The summed E-state index contributed by atoms with van der Waals surface area (Å²) in [7, 11) is 0. The SMILES string of the molecule is N[C@@H](CCC(=O)O)C(=O)N[C@@H](Cc1ccc(O)cc1)C(=O)N[C@@H](CS)C(=O)N[C@@H](CS)C(=O)O. The Labute approximate surface area is 206 Å². The molecule has 0 aliphatic heterocycles. The van der Waals surface area contributed by atoms with Gasteiger partial charge in [0.25, 0.3) is 0 Å². The van der Waals surface area contributed by atoms with Crippen molar-refractivity contribution >= 4 is 54.9 Å². The van der Waals surface area contributed by atoms with E-state index in [1.807, 2.05) is 0 Å². The van der Waals surface area contributed by atoms with Gasteiger partial charge in [0.05, 0.1) is 6.04 Å². The fraction of sp³-hybridized carbons (Fsp3) is 0.450. The number of nitrogens with one attached hydrogen (secondary N) is 3. The van der Waals surface area contributed by atoms with Gasteiger partial charge < -0.3 is 37.0 Å². The Balaban J connectivity index is 2.99. The maximum atomic E-state index is 12.9. The van der Waals surface area contributed by atoms with Gasteiger partial charge in [-0.1, -0.05) is 12.1 Å². The van der Waals surface area contributed by atoms with Crippen molar-refractivity contribution in [1.29, 1.82) is 0 Å². The molecule has 0 bridgehead atoms. The molecule has 0 radical (unpaired) electrons. The molecule has 0 aliphatic rings. The van der Waals surface area contributed by atoms with E-state index in [1.54, 1.807) is 0 Å². The van der Waals surface area contributed by atoms with Gasteiger partial charge in [-0.05, 0) is 24.1 Å². The molecular formula is C20H28N4O8S2. The van der Waals surface area contributed by atoms with Crippen LogP contribution < -0.4 is 21.7 Å². The normalized spacial score (nSPS) is 14.2. The predicted molar refractivity (Wildman–Crippen MR) is 128 cm³/mol. The number of thiol groups is 2. The summed E-state index contributed by atoms with van der Waals surface area (Å²) in [5.74, 6) is -5.15. The zero-order valence-corrected chi connectivity index (χ0v) is 19.8. The number of nitrogens with two attached hydrogens (primary N) is 1. The summed E-state index contributed by atoms with van der Waals surface area (Å²) in [6, 6.07) is 0.909. The largest absolute Gasteiger partial charge is 0.508 e. The third-order valence-corrected chi connectivity index (χ3v) is 5.36.